The molecule has 2 nitrogen and oxygen atoms in total. The molecule has 1 heterocycles. The highest BCUT2D eigenvalue weighted by Crippen LogP contribution is 2.26. The normalized spacial score (nSPS) is 12.7. The van der Waals surface area contributed by atoms with Gasteiger partial charge in [-0.3, -0.25) is 0 Å². The summed E-state index contributed by atoms with van der Waals surface area (Å²) in [6, 6.07) is 9.20. The van der Waals surface area contributed by atoms with Crippen LogP contribution in [0.15, 0.2) is 40.2 Å². The predicted molar refractivity (Wildman–Crippen MR) is 80.3 cm³/mol. The molecular weight excluding hydrogens is 348 g/mol. The van der Waals surface area contributed by atoms with Crippen molar-refractivity contribution in [3.8, 4) is 5.75 Å². The minimum atomic E-state index is -2.82. The molecule has 0 saturated heterocycles. The van der Waals surface area contributed by atoms with E-state index in [1.165, 1.54) is 4.88 Å². The van der Waals surface area contributed by atoms with Crippen LogP contribution in [-0.2, 0) is 6.54 Å². The third-order valence-electron chi connectivity index (χ3n) is 2.81. The number of halogens is 3. The third kappa shape index (κ3) is 4.26. The molecular formula is C14H14BrF2NOS. The van der Waals surface area contributed by atoms with E-state index in [2.05, 4.69) is 26.0 Å². The zero-order valence-corrected chi connectivity index (χ0v) is 13.2. The number of ether oxygens (including phenoxy) is 1. The summed E-state index contributed by atoms with van der Waals surface area (Å²) in [5.74, 6) is 0.203. The average molecular weight is 362 g/mol. The highest BCUT2D eigenvalue weighted by molar-refractivity contribution is 9.10. The van der Waals surface area contributed by atoms with Crippen LogP contribution in [0, 0.1) is 0 Å². The summed E-state index contributed by atoms with van der Waals surface area (Å²) in [5, 5.41) is 5.32. The average Bonchev–Trinajstić information content (AvgIpc) is 2.92. The lowest BCUT2D eigenvalue weighted by Gasteiger charge is -2.15. The first-order chi connectivity index (χ1) is 9.56. The first-order valence-electron chi connectivity index (χ1n) is 6.06. The van der Waals surface area contributed by atoms with Gasteiger partial charge < -0.3 is 10.1 Å². The highest BCUT2D eigenvalue weighted by atomic mass is 79.9. The number of hydrogen-bond donors (Lipinski definition) is 1. The molecule has 0 fully saturated rings. The van der Waals surface area contributed by atoms with Crippen molar-refractivity contribution >= 4 is 27.3 Å². The summed E-state index contributed by atoms with van der Waals surface area (Å²) in [5.41, 5.74) is 0.697. The van der Waals surface area contributed by atoms with Gasteiger partial charge in [0.1, 0.15) is 5.75 Å². The molecule has 0 aliphatic carbocycles. The maximum atomic E-state index is 12.4. The fraction of sp³-hybridized carbons (Fsp3) is 0.286. The van der Waals surface area contributed by atoms with Crippen molar-refractivity contribution in [1.29, 1.82) is 0 Å². The Morgan fingerprint density at radius 3 is 2.80 bits per heavy atom. The summed E-state index contributed by atoms with van der Waals surface area (Å²) in [6.07, 6.45) is 0. The second-order valence-electron chi connectivity index (χ2n) is 4.25. The molecule has 2 rings (SSSR count). The van der Waals surface area contributed by atoms with Crippen LogP contribution in [-0.4, -0.2) is 6.61 Å². The lowest BCUT2D eigenvalue weighted by Crippen LogP contribution is -2.18. The summed E-state index contributed by atoms with van der Waals surface area (Å²) in [4.78, 5) is 1.20. The molecule has 108 valence electrons. The number of nitrogens with one attached hydrogen (secondary N) is 1. The fourth-order valence-electron chi connectivity index (χ4n) is 1.80. The molecule has 1 aromatic carbocycles. The van der Waals surface area contributed by atoms with Gasteiger partial charge in [0.15, 0.2) is 0 Å². The topological polar surface area (TPSA) is 21.3 Å². The van der Waals surface area contributed by atoms with Gasteiger partial charge in [-0.05, 0) is 36.6 Å². The number of rotatable bonds is 6. The highest BCUT2D eigenvalue weighted by Gasteiger charge is 2.12. The van der Waals surface area contributed by atoms with E-state index in [4.69, 9.17) is 0 Å². The summed E-state index contributed by atoms with van der Waals surface area (Å²) >= 11 is 5.00. The molecule has 0 bridgehead atoms. The summed E-state index contributed by atoms with van der Waals surface area (Å²) in [6.45, 7) is -0.317. The van der Waals surface area contributed by atoms with Crippen molar-refractivity contribution < 1.29 is 13.5 Å². The second kappa shape index (κ2) is 7.15. The number of hydrogen-bond acceptors (Lipinski definition) is 3. The Morgan fingerprint density at radius 2 is 2.15 bits per heavy atom. The molecule has 0 radical (unpaired) electrons. The van der Waals surface area contributed by atoms with Gasteiger partial charge in [0.2, 0.25) is 0 Å². The van der Waals surface area contributed by atoms with Crippen molar-refractivity contribution in [3.05, 3.63) is 50.6 Å². The molecule has 0 amide bonds. The molecule has 20 heavy (non-hydrogen) atoms. The Balaban J connectivity index is 2.06. The van der Waals surface area contributed by atoms with Crippen molar-refractivity contribution in [3.63, 3.8) is 0 Å². The Kier molecular flexibility index (Phi) is 5.51. The van der Waals surface area contributed by atoms with E-state index in [1.54, 1.807) is 29.5 Å². The summed E-state index contributed by atoms with van der Waals surface area (Å²) < 4.78 is 30.1. The van der Waals surface area contributed by atoms with E-state index in [-0.39, 0.29) is 11.8 Å². The van der Waals surface area contributed by atoms with E-state index >= 15 is 0 Å². The van der Waals surface area contributed by atoms with Crippen LogP contribution in [0.5, 0.6) is 5.75 Å². The lowest BCUT2D eigenvalue weighted by atomic mass is 10.2. The minimum Gasteiger partial charge on any atom is -0.434 e. The van der Waals surface area contributed by atoms with Crippen LogP contribution in [0.1, 0.15) is 23.4 Å². The van der Waals surface area contributed by atoms with E-state index in [9.17, 15) is 8.78 Å². The van der Waals surface area contributed by atoms with Crippen LogP contribution < -0.4 is 10.1 Å². The molecule has 1 aromatic heterocycles. The van der Waals surface area contributed by atoms with Gasteiger partial charge in [-0.15, -0.1) is 11.3 Å². The Bertz CT molecular complexity index is 548. The number of thiophene rings is 1. The summed E-state index contributed by atoms with van der Waals surface area (Å²) in [7, 11) is 0. The van der Waals surface area contributed by atoms with Crippen molar-refractivity contribution in [2.75, 3.05) is 0 Å². The van der Waals surface area contributed by atoms with Gasteiger partial charge in [-0.1, -0.05) is 22.0 Å². The molecule has 6 heteroatoms. The molecule has 1 atom stereocenters. The van der Waals surface area contributed by atoms with Gasteiger partial charge >= 0.3 is 6.61 Å². The monoisotopic (exact) mass is 361 g/mol. The molecule has 2 aromatic rings. The van der Waals surface area contributed by atoms with Gasteiger partial charge in [-0.2, -0.15) is 8.78 Å². The second-order valence-corrected chi connectivity index (χ2v) is 6.14. The fourth-order valence-corrected chi connectivity index (χ4v) is 2.97. The molecule has 0 unspecified atom stereocenters. The minimum absolute atomic E-state index is 0.161. The van der Waals surface area contributed by atoms with Crippen LogP contribution in [0.2, 0.25) is 0 Å². The van der Waals surface area contributed by atoms with E-state index in [1.807, 2.05) is 24.4 Å². The Morgan fingerprint density at radius 1 is 1.35 bits per heavy atom. The maximum Gasteiger partial charge on any atom is 0.387 e. The zero-order valence-electron chi connectivity index (χ0n) is 10.8. The largest absolute Gasteiger partial charge is 0.434 e. The predicted octanol–water partition coefficient (Wildman–Crippen LogP) is 4.96. The van der Waals surface area contributed by atoms with Crippen molar-refractivity contribution in [1.82, 2.24) is 5.32 Å². The lowest BCUT2D eigenvalue weighted by molar-refractivity contribution is -0.0505. The van der Waals surface area contributed by atoms with Crippen LogP contribution >= 0.6 is 27.3 Å². The number of alkyl halides is 2. The van der Waals surface area contributed by atoms with Gasteiger partial charge in [0.05, 0.1) is 0 Å². The van der Waals surface area contributed by atoms with E-state index in [0.29, 0.717) is 12.1 Å². The van der Waals surface area contributed by atoms with Crippen LogP contribution in [0.25, 0.3) is 0 Å². The van der Waals surface area contributed by atoms with Crippen molar-refractivity contribution in [2.45, 2.75) is 26.1 Å². The molecule has 0 spiro atoms. The van der Waals surface area contributed by atoms with E-state index in [0.717, 1.165) is 4.47 Å². The Labute approximate surface area is 128 Å². The maximum absolute atomic E-state index is 12.4. The van der Waals surface area contributed by atoms with E-state index < -0.39 is 6.61 Å². The molecule has 0 saturated carbocycles. The zero-order chi connectivity index (χ0) is 14.5. The first-order valence-corrected chi connectivity index (χ1v) is 7.73. The smallest absolute Gasteiger partial charge is 0.387 e. The molecule has 1 N–H and O–H groups in total. The standard InChI is InChI=1S/C14H14BrF2NOS/c1-9(13-3-2-6-20-13)18-8-10-7-11(15)4-5-12(10)19-14(16)17/h2-7,9,14,18H,8H2,1H3/t9-/m1/s1. The Hall–Kier alpha value is -0.980. The SMILES string of the molecule is C[C@@H](NCc1cc(Br)ccc1OC(F)F)c1cccs1. The van der Waals surface area contributed by atoms with Gasteiger partial charge in [-0.25, -0.2) is 0 Å². The van der Waals surface area contributed by atoms with Crippen LogP contribution in [0.3, 0.4) is 0 Å². The molecule has 0 aliphatic heterocycles. The quantitative estimate of drug-likeness (QED) is 0.784. The van der Waals surface area contributed by atoms with Crippen LogP contribution in [0.4, 0.5) is 8.78 Å². The third-order valence-corrected chi connectivity index (χ3v) is 4.36. The van der Waals surface area contributed by atoms with Gasteiger partial charge in [0.25, 0.3) is 0 Å². The molecule has 0 aliphatic rings. The number of benzene rings is 1. The first kappa shape index (κ1) is 15.4. The van der Waals surface area contributed by atoms with Gasteiger partial charge in [0, 0.05) is 27.5 Å². The van der Waals surface area contributed by atoms with Crippen molar-refractivity contribution in [2.24, 2.45) is 0 Å².